The Balaban J connectivity index is 1.98. The maximum absolute atomic E-state index is 13.0. The summed E-state index contributed by atoms with van der Waals surface area (Å²) in [6.07, 6.45) is 3.38. The zero-order chi connectivity index (χ0) is 14.7. The fourth-order valence-corrected chi connectivity index (χ4v) is 1.97. The van der Waals surface area contributed by atoms with Crippen molar-refractivity contribution in [3.63, 3.8) is 0 Å². The maximum Gasteiger partial charge on any atom is 0.229 e. The average molecular weight is 344 g/mol. The van der Waals surface area contributed by atoms with Gasteiger partial charge in [-0.25, -0.2) is 8.78 Å². The van der Waals surface area contributed by atoms with E-state index in [0.29, 0.717) is 6.54 Å². The predicted molar refractivity (Wildman–Crippen MR) is 74.1 cm³/mol. The monoisotopic (exact) mass is 343 g/mol. The lowest BCUT2D eigenvalue weighted by molar-refractivity contribution is -0.119. The lowest BCUT2D eigenvalue weighted by Gasteiger charge is -2.12. The van der Waals surface area contributed by atoms with Crippen LogP contribution < -0.4 is 5.32 Å². The van der Waals surface area contributed by atoms with E-state index in [-0.39, 0.29) is 17.5 Å². The number of nitrogens with zero attached hydrogens (tertiary/aromatic N) is 2. The average Bonchev–Trinajstić information content (AvgIpc) is 2.79. The van der Waals surface area contributed by atoms with Crippen molar-refractivity contribution in [3.05, 3.63) is 46.7 Å². The number of hydrogen-bond acceptors (Lipinski definition) is 2. The van der Waals surface area contributed by atoms with Gasteiger partial charge in [0.15, 0.2) is 11.6 Å². The number of benzene rings is 1. The number of rotatable bonds is 4. The molecule has 0 aliphatic heterocycles. The van der Waals surface area contributed by atoms with E-state index in [9.17, 15) is 13.6 Å². The summed E-state index contributed by atoms with van der Waals surface area (Å²) in [6.45, 7) is 2.12. The zero-order valence-corrected chi connectivity index (χ0v) is 12.2. The summed E-state index contributed by atoms with van der Waals surface area (Å²) >= 11 is 3.27. The van der Waals surface area contributed by atoms with Crippen LogP contribution in [-0.2, 0) is 11.3 Å². The lowest BCUT2D eigenvalue weighted by atomic mass is 10.1. The Hall–Kier alpha value is -1.76. The second kappa shape index (κ2) is 6.13. The highest BCUT2D eigenvalue weighted by molar-refractivity contribution is 9.10. The minimum Gasteiger partial charge on any atom is -0.326 e. The van der Waals surface area contributed by atoms with Crippen molar-refractivity contribution in [2.24, 2.45) is 5.92 Å². The summed E-state index contributed by atoms with van der Waals surface area (Å²) in [5.74, 6) is -2.60. The molecule has 7 heteroatoms. The van der Waals surface area contributed by atoms with Crippen LogP contribution in [0.25, 0.3) is 0 Å². The molecule has 1 amide bonds. The van der Waals surface area contributed by atoms with E-state index in [0.717, 1.165) is 16.6 Å². The molecule has 1 N–H and O–H groups in total. The Morgan fingerprint density at radius 3 is 2.80 bits per heavy atom. The SMILES string of the molecule is C[C@H](Cn1cc(Br)cn1)C(=O)Nc1ccc(F)c(F)c1. The van der Waals surface area contributed by atoms with Crippen molar-refractivity contribution >= 4 is 27.5 Å². The minimum absolute atomic E-state index is 0.224. The first-order valence-corrected chi connectivity index (χ1v) is 6.69. The van der Waals surface area contributed by atoms with Crippen LogP contribution in [0.15, 0.2) is 35.1 Å². The number of aromatic nitrogens is 2. The van der Waals surface area contributed by atoms with E-state index in [1.807, 2.05) is 0 Å². The summed E-state index contributed by atoms with van der Waals surface area (Å²) < 4.78 is 28.3. The largest absolute Gasteiger partial charge is 0.326 e. The highest BCUT2D eigenvalue weighted by Gasteiger charge is 2.15. The Morgan fingerprint density at radius 2 is 2.20 bits per heavy atom. The summed E-state index contributed by atoms with van der Waals surface area (Å²) in [6, 6.07) is 3.23. The molecule has 0 saturated heterocycles. The minimum atomic E-state index is -0.994. The molecule has 106 valence electrons. The molecule has 0 fully saturated rings. The fourth-order valence-electron chi connectivity index (χ4n) is 1.64. The maximum atomic E-state index is 13.0. The van der Waals surface area contributed by atoms with E-state index < -0.39 is 11.6 Å². The molecule has 0 aliphatic rings. The molecule has 0 bridgehead atoms. The highest BCUT2D eigenvalue weighted by atomic mass is 79.9. The number of hydrogen-bond donors (Lipinski definition) is 1. The molecule has 0 saturated carbocycles. The summed E-state index contributed by atoms with van der Waals surface area (Å²) in [5.41, 5.74) is 0.224. The van der Waals surface area contributed by atoms with Crippen LogP contribution in [0, 0.1) is 17.6 Å². The number of amides is 1. The predicted octanol–water partition coefficient (Wildman–Crippen LogP) is 3.20. The van der Waals surface area contributed by atoms with Gasteiger partial charge >= 0.3 is 0 Å². The van der Waals surface area contributed by atoms with Gasteiger partial charge in [-0.3, -0.25) is 9.48 Å². The summed E-state index contributed by atoms with van der Waals surface area (Å²) in [7, 11) is 0. The van der Waals surface area contributed by atoms with Crippen LogP contribution in [0.5, 0.6) is 0 Å². The Kier molecular flexibility index (Phi) is 4.49. The van der Waals surface area contributed by atoms with E-state index in [1.165, 1.54) is 6.07 Å². The fraction of sp³-hybridized carbons (Fsp3) is 0.231. The van der Waals surface area contributed by atoms with Crippen LogP contribution in [0.2, 0.25) is 0 Å². The number of carbonyl (C=O) groups excluding carboxylic acids is 1. The van der Waals surface area contributed by atoms with Gasteiger partial charge in [0, 0.05) is 18.0 Å². The molecule has 20 heavy (non-hydrogen) atoms. The van der Waals surface area contributed by atoms with Crippen LogP contribution in [0.1, 0.15) is 6.92 Å². The van der Waals surface area contributed by atoms with Crippen molar-refractivity contribution in [2.45, 2.75) is 13.5 Å². The van der Waals surface area contributed by atoms with Crippen LogP contribution in [0.4, 0.5) is 14.5 Å². The quantitative estimate of drug-likeness (QED) is 0.926. The molecule has 1 aromatic heterocycles. The van der Waals surface area contributed by atoms with Gasteiger partial charge in [0.1, 0.15) is 0 Å². The first-order chi connectivity index (χ1) is 9.45. The van der Waals surface area contributed by atoms with E-state index >= 15 is 0 Å². The van der Waals surface area contributed by atoms with E-state index in [4.69, 9.17) is 0 Å². The van der Waals surface area contributed by atoms with Gasteiger partial charge in [-0.05, 0) is 28.1 Å². The van der Waals surface area contributed by atoms with Gasteiger partial charge in [-0.15, -0.1) is 0 Å². The number of anilines is 1. The topological polar surface area (TPSA) is 46.9 Å². The second-order valence-corrected chi connectivity index (χ2v) is 5.32. The molecule has 0 radical (unpaired) electrons. The normalized spacial score (nSPS) is 12.2. The number of nitrogens with one attached hydrogen (secondary N) is 1. The van der Waals surface area contributed by atoms with Gasteiger partial charge in [0.05, 0.1) is 23.1 Å². The molecule has 2 rings (SSSR count). The first-order valence-electron chi connectivity index (χ1n) is 5.89. The van der Waals surface area contributed by atoms with Crippen molar-refractivity contribution in [1.82, 2.24) is 9.78 Å². The van der Waals surface area contributed by atoms with Crippen LogP contribution >= 0.6 is 15.9 Å². The molecule has 0 aliphatic carbocycles. The number of carbonyl (C=O) groups is 1. The molecule has 1 atom stereocenters. The summed E-state index contributed by atoms with van der Waals surface area (Å²) in [4.78, 5) is 11.9. The third-order valence-electron chi connectivity index (χ3n) is 2.70. The third-order valence-corrected chi connectivity index (χ3v) is 3.11. The Bertz CT molecular complexity index is 630. The van der Waals surface area contributed by atoms with E-state index in [2.05, 4.69) is 26.3 Å². The Labute approximate surface area is 122 Å². The number of halogens is 3. The zero-order valence-electron chi connectivity index (χ0n) is 10.6. The second-order valence-electron chi connectivity index (χ2n) is 4.40. The van der Waals surface area contributed by atoms with Crippen LogP contribution in [0.3, 0.4) is 0 Å². The molecular weight excluding hydrogens is 332 g/mol. The Morgan fingerprint density at radius 1 is 1.45 bits per heavy atom. The lowest BCUT2D eigenvalue weighted by Crippen LogP contribution is -2.24. The molecule has 1 aromatic carbocycles. The van der Waals surface area contributed by atoms with Crippen molar-refractivity contribution in [2.75, 3.05) is 5.32 Å². The molecule has 0 unspecified atom stereocenters. The van der Waals surface area contributed by atoms with Gasteiger partial charge in [-0.1, -0.05) is 6.92 Å². The van der Waals surface area contributed by atoms with Crippen molar-refractivity contribution < 1.29 is 13.6 Å². The third kappa shape index (κ3) is 3.63. The van der Waals surface area contributed by atoms with Gasteiger partial charge < -0.3 is 5.32 Å². The van der Waals surface area contributed by atoms with Gasteiger partial charge in [-0.2, -0.15) is 5.10 Å². The van der Waals surface area contributed by atoms with Crippen molar-refractivity contribution in [1.29, 1.82) is 0 Å². The molecule has 2 aromatic rings. The van der Waals surface area contributed by atoms with E-state index in [1.54, 1.807) is 24.0 Å². The smallest absolute Gasteiger partial charge is 0.229 e. The van der Waals surface area contributed by atoms with Crippen molar-refractivity contribution in [3.8, 4) is 0 Å². The molecule has 0 spiro atoms. The first kappa shape index (κ1) is 14.6. The van der Waals surface area contributed by atoms with Gasteiger partial charge in [0.25, 0.3) is 0 Å². The summed E-state index contributed by atoms with van der Waals surface area (Å²) in [5, 5.41) is 6.59. The highest BCUT2D eigenvalue weighted by Crippen LogP contribution is 2.15. The van der Waals surface area contributed by atoms with Crippen LogP contribution in [-0.4, -0.2) is 15.7 Å². The molecule has 4 nitrogen and oxygen atoms in total. The molecular formula is C13H12BrF2N3O. The van der Waals surface area contributed by atoms with Gasteiger partial charge in [0.2, 0.25) is 5.91 Å². The standard InChI is InChI=1S/C13H12BrF2N3O/c1-8(6-19-7-9(14)5-17-19)13(20)18-10-2-3-11(15)12(16)4-10/h2-5,7-8H,6H2,1H3,(H,18,20)/t8-/m1/s1. The molecule has 1 heterocycles.